The van der Waals surface area contributed by atoms with Crippen LogP contribution in [-0.2, 0) is 19.3 Å². The van der Waals surface area contributed by atoms with Crippen LogP contribution in [0.5, 0.6) is 0 Å². The lowest BCUT2D eigenvalue weighted by atomic mass is 10.2. The van der Waals surface area contributed by atoms with Crippen LogP contribution in [0.4, 0.5) is 0 Å². The van der Waals surface area contributed by atoms with Gasteiger partial charge in [0.25, 0.3) is 0 Å². The number of aromatic nitrogens is 2. The second-order valence-corrected chi connectivity index (χ2v) is 5.23. The zero-order chi connectivity index (χ0) is 11.9. The minimum Gasteiger partial charge on any atom is -0.425 e. The van der Waals surface area contributed by atoms with Crippen LogP contribution < -0.4 is 0 Å². The highest BCUT2D eigenvalue weighted by atomic mass is 35.5. The Labute approximate surface area is 110 Å². The molecular formula is C12H15ClN2OS. The molecule has 0 aliphatic carbocycles. The van der Waals surface area contributed by atoms with E-state index in [2.05, 4.69) is 27.7 Å². The molecule has 0 bridgehead atoms. The topological polar surface area (TPSA) is 38.9 Å². The van der Waals surface area contributed by atoms with Gasteiger partial charge in [-0.2, -0.15) is 0 Å². The summed E-state index contributed by atoms with van der Waals surface area (Å²) < 4.78 is 5.53. The van der Waals surface area contributed by atoms with Crippen molar-refractivity contribution >= 4 is 22.9 Å². The Bertz CT molecular complexity index is 427. The summed E-state index contributed by atoms with van der Waals surface area (Å²) in [5.74, 6) is 2.08. The van der Waals surface area contributed by atoms with E-state index < -0.39 is 0 Å². The molecule has 0 unspecified atom stereocenters. The Kier molecular flexibility index (Phi) is 5.01. The number of hydrogen-bond acceptors (Lipinski definition) is 4. The van der Waals surface area contributed by atoms with Crippen molar-refractivity contribution in [3.63, 3.8) is 0 Å². The van der Waals surface area contributed by atoms with E-state index in [1.165, 1.54) is 4.88 Å². The van der Waals surface area contributed by atoms with Crippen molar-refractivity contribution in [3.8, 4) is 0 Å². The third kappa shape index (κ3) is 4.13. The standard InChI is InChI=1S/C12H15ClN2OS/c13-8-2-7-12-15-14-11(16-12)6-1-4-10-5-3-9-17-10/h3,5,9H,1-2,4,6-8H2. The first-order chi connectivity index (χ1) is 8.38. The Balaban J connectivity index is 1.73. The molecule has 2 aromatic heterocycles. The zero-order valence-electron chi connectivity index (χ0n) is 9.56. The van der Waals surface area contributed by atoms with Crippen molar-refractivity contribution in [1.82, 2.24) is 10.2 Å². The molecule has 3 nitrogen and oxygen atoms in total. The number of alkyl halides is 1. The van der Waals surface area contributed by atoms with E-state index in [0.717, 1.165) is 38.0 Å². The van der Waals surface area contributed by atoms with Gasteiger partial charge in [-0.05, 0) is 30.7 Å². The largest absolute Gasteiger partial charge is 0.425 e. The van der Waals surface area contributed by atoms with Gasteiger partial charge in [0.1, 0.15) is 0 Å². The molecule has 0 aliphatic heterocycles. The second kappa shape index (κ2) is 6.77. The fourth-order valence-corrected chi connectivity index (χ4v) is 2.46. The van der Waals surface area contributed by atoms with Gasteiger partial charge in [-0.15, -0.1) is 33.1 Å². The van der Waals surface area contributed by atoms with Crippen LogP contribution >= 0.6 is 22.9 Å². The highest BCUT2D eigenvalue weighted by Crippen LogP contribution is 2.13. The maximum Gasteiger partial charge on any atom is 0.216 e. The van der Waals surface area contributed by atoms with Crippen molar-refractivity contribution in [2.75, 3.05) is 5.88 Å². The summed E-state index contributed by atoms with van der Waals surface area (Å²) in [7, 11) is 0. The summed E-state index contributed by atoms with van der Waals surface area (Å²) >= 11 is 7.40. The lowest BCUT2D eigenvalue weighted by Gasteiger charge is -1.94. The molecule has 2 aromatic rings. The Hall–Kier alpha value is -0.870. The number of thiophene rings is 1. The Morgan fingerprint density at radius 1 is 1.12 bits per heavy atom. The molecule has 0 radical (unpaired) electrons. The number of nitrogens with zero attached hydrogens (tertiary/aromatic N) is 2. The first-order valence-corrected chi connectivity index (χ1v) is 7.19. The Morgan fingerprint density at radius 2 is 1.88 bits per heavy atom. The van der Waals surface area contributed by atoms with Gasteiger partial charge < -0.3 is 4.42 Å². The molecule has 5 heteroatoms. The molecule has 0 fully saturated rings. The normalized spacial score (nSPS) is 10.9. The monoisotopic (exact) mass is 270 g/mol. The third-order valence-corrected chi connectivity index (χ3v) is 3.63. The van der Waals surface area contributed by atoms with Gasteiger partial charge >= 0.3 is 0 Å². The summed E-state index contributed by atoms with van der Waals surface area (Å²) in [6.45, 7) is 0. The van der Waals surface area contributed by atoms with Gasteiger partial charge in [-0.25, -0.2) is 0 Å². The Morgan fingerprint density at radius 3 is 2.53 bits per heavy atom. The zero-order valence-corrected chi connectivity index (χ0v) is 11.1. The highest BCUT2D eigenvalue weighted by molar-refractivity contribution is 7.09. The minimum atomic E-state index is 0.635. The molecule has 17 heavy (non-hydrogen) atoms. The molecule has 0 atom stereocenters. The maximum absolute atomic E-state index is 5.61. The summed E-state index contributed by atoms with van der Waals surface area (Å²) in [6.07, 6.45) is 4.65. The molecule has 2 rings (SSSR count). The van der Waals surface area contributed by atoms with Crippen molar-refractivity contribution in [2.45, 2.75) is 32.1 Å². The minimum absolute atomic E-state index is 0.635. The summed E-state index contributed by atoms with van der Waals surface area (Å²) in [6, 6.07) is 4.24. The van der Waals surface area contributed by atoms with E-state index in [1.54, 1.807) is 11.3 Å². The van der Waals surface area contributed by atoms with Gasteiger partial charge in [-0.1, -0.05) is 6.07 Å². The number of aryl methyl sites for hydroxylation is 3. The molecular weight excluding hydrogens is 256 g/mol. The molecule has 0 spiro atoms. The van der Waals surface area contributed by atoms with Gasteiger partial charge in [0.05, 0.1) is 0 Å². The van der Waals surface area contributed by atoms with Crippen molar-refractivity contribution in [1.29, 1.82) is 0 Å². The van der Waals surface area contributed by atoms with E-state index >= 15 is 0 Å². The molecule has 0 saturated carbocycles. The summed E-state index contributed by atoms with van der Waals surface area (Å²) in [5.41, 5.74) is 0. The van der Waals surface area contributed by atoms with Gasteiger partial charge in [0.2, 0.25) is 11.8 Å². The van der Waals surface area contributed by atoms with Crippen LogP contribution in [0, 0.1) is 0 Å². The quantitative estimate of drug-likeness (QED) is 0.723. The van der Waals surface area contributed by atoms with Crippen LogP contribution in [-0.4, -0.2) is 16.1 Å². The fraction of sp³-hybridized carbons (Fsp3) is 0.500. The predicted octanol–water partition coefficient (Wildman–Crippen LogP) is 3.48. The van der Waals surface area contributed by atoms with Gasteiger partial charge in [0.15, 0.2) is 0 Å². The van der Waals surface area contributed by atoms with E-state index in [-0.39, 0.29) is 0 Å². The van der Waals surface area contributed by atoms with Crippen LogP contribution in [0.25, 0.3) is 0 Å². The highest BCUT2D eigenvalue weighted by Gasteiger charge is 2.05. The van der Waals surface area contributed by atoms with E-state index in [0.29, 0.717) is 11.8 Å². The van der Waals surface area contributed by atoms with E-state index in [4.69, 9.17) is 16.0 Å². The predicted molar refractivity (Wildman–Crippen MR) is 69.7 cm³/mol. The maximum atomic E-state index is 5.61. The van der Waals surface area contributed by atoms with E-state index in [9.17, 15) is 0 Å². The number of hydrogen-bond donors (Lipinski definition) is 0. The molecule has 0 amide bonds. The molecule has 0 N–H and O–H groups in total. The van der Waals surface area contributed by atoms with Crippen molar-refractivity contribution in [2.24, 2.45) is 0 Å². The summed E-state index contributed by atoms with van der Waals surface area (Å²) in [5, 5.41) is 10.1. The van der Waals surface area contributed by atoms with Gasteiger partial charge in [0, 0.05) is 23.6 Å². The van der Waals surface area contributed by atoms with Crippen molar-refractivity contribution < 1.29 is 4.42 Å². The average Bonchev–Trinajstić information content (AvgIpc) is 2.98. The molecule has 2 heterocycles. The molecule has 92 valence electrons. The van der Waals surface area contributed by atoms with Crippen LogP contribution in [0.2, 0.25) is 0 Å². The van der Waals surface area contributed by atoms with Crippen LogP contribution in [0.1, 0.15) is 29.5 Å². The molecule has 0 aromatic carbocycles. The molecule has 0 aliphatic rings. The first-order valence-electron chi connectivity index (χ1n) is 5.78. The second-order valence-electron chi connectivity index (χ2n) is 3.81. The summed E-state index contributed by atoms with van der Waals surface area (Å²) in [4.78, 5) is 1.41. The smallest absolute Gasteiger partial charge is 0.216 e. The lowest BCUT2D eigenvalue weighted by molar-refractivity contribution is 0.443. The van der Waals surface area contributed by atoms with E-state index in [1.807, 2.05) is 0 Å². The van der Waals surface area contributed by atoms with Gasteiger partial charge in [-0.3, -0.25) is 0 Å². The van der Waals surface area contributed by atoms with Crippen LogP contribution in [0.3, 0.4) is 0 Å². The van der Waals surface area contributed by atoms with Crippen molar-refractivity contribution in [3.05, 3.63) is 34.2 Å². The number of rotatable bonds is 7. The average molecular weight is 271 g/mol. The lowest BCUT2D eigenvalue weighted by Crippen LogP contribution is -1.88. The number of halogens is 1. The SMILES string of the molecule is ClCCCc1nnc(CCCc2cccs2)o1. The third-order valence-electron chi connectivity index (χ3n) is 2.43. The molecule has 0 saturated heterocycles. The first kappa shape index (κ1) is 12.6. The van der Waals surface area contributed by atoms with Crippen LogP contribution in [0.15, 0.2) is 21.9 Å². The fourth-order valence-electron chi connectivity index (χ4n) is 1.58.